The number of hydrogen-bond donors (Lipinski definition) is 2. The van der Waals surface area contributed by atoms with Crippen molar-refractivity contribution in [3.05, 3.63) is 71.8 Å². The lowest BCUT2D eigenvalue weighted by Crippen LogP contribution is -2.17. The Morgan fingerprint density at radius 2 is 1.50 bits per heavy atom. The summed E-state index contributed by atoms with van der Waals surface area (Å²) in [4.78, 5) is 11.7. The highest BCUT2D eigenvalue weighted by Gasteiger charge is 2.20. The van der Waals surface area contributed by atoms with Gasteiger partial charge in [-0.25, -0.2) is 4.79 Å². The number of hydrogen-bond acceptors (Lipinski definition) is 4. The topological polar surface area (TPSA) is 66.8 Å². The fraction of sp³-hybridized carbons (Fsp3) is 0.531. The Balaban J connectivity index is 1.46. The van der Waals surface area contributed by atoms with E-state index in [1.807, 2.05) is 24.3 Å². The number of aliphatic hydroxyl groups is 2. The summed E-state index contributed by atoms with van der Waals surface area (Å²) in [6, 6.07) is 16.9. The third-order valence-electron chi connectivity index (χ3n) is 7.81. The van der Waals surface area contributed by atoms with Crippen LogP contribution in [0.15, 0.2) is 60.7 Å². The highest BCUT2D eigenvalue weighted by Crippen LogP contribution is 2.34. The molecule has 0 bridgehead atoms. The third kappa shape index (κ3) is 8.60. The van der Waals surface area contributed by atoms with E-state index in [0.29, 0.717) is 0 Å². The van der Waals surface area contributed by atoms with Crippen molar-refractivity contribution in [2.75, 3.05) is 19.8 Å². The molecule has 2 aromatic carbocycles. The van der Waals surface area contributed by atoms with Crippen LogP contribution in [-0.2, 0) is 16.0 Å². The monoisotopic (exact) mass is 492 g/mol. The fourth-order valence-electron chi connectivity index (χ4n) is 5.27. The van der Waals surface area contributed by atoms with Crippen LogP contribution in [0.25, 0.3) is 11.1 Å². The molecule has 1 saturated carbocycles. The molecule has 0 amide bonds. The molecule has 2 N–H and O–H groups in total. The molecular formula is C32H44O4. The molecule has 3 rings (SSSR count). The molecule has 0 saturated heterocycles. The van der Waals surface area contributed by atoms with E-state index in [4.69, 9.17) is 9.84 Å². The lowest BCUT2D eigenvalue weighted by molar-refractivity contribution is -0.140. The zero-order valence-corrected chi connectivity index (χ0v) is 22.0. The number of esters is 1. The van der Waals surface area contributed by atoms with Gasteiger partial charge in [0, 0.05) is 5.92 Å². The molecule has 1 aliphatic carbocycles. The van der Waals surface area contributed by atoms with E-state index < -0.39 is 12.6 Å². The number of ether oxygens (including phenoxy) is 1. The quantitative estimate of drug-likeness (QED) is 0.172. The van der Waals surface area contributed by atoms with E-state index in [9.17, 15) is 9.90 Å². The van der Waals surface area contributed by atoms with Gasteiger partial charge in [0.15, 0.2) is 0 Å². The molecule has 4 nitrogen and oxygen atoms in total. The van der Waals surface area contributed by atoms with Gasteiger partial charge in [-0.15, -0.1) is 0 Å². The summed E-state index contributed by atoms with van der Waals surface area (Å²) in [7, 11) is 0. The molecule has 0 heterocycles. The molecule has 1 unspecified atom stereocenters. The van der Waals surface area contributed by atoms with Gasteiger partial charge in [-0.2, -0.15) is 0 Å². The number of rotatable bonds is 14. The van der Waals surface area contributed by atoms with E-state index >= 15 is 0 Å². The van der Waals surface area contributed by atoms with Crippen molar-refractivity contribution in [2.24, 2.45) is 11.8 Å². The Labute approximate surface area is 217 Å². The van der Waals surface area contributed by atoms with Crippen molar-refractivity contribution in [1.82, 2.24) is 0 Å². The Bertz CT molecular complexity index is 924. The number of carbonyl (C=O) groups is 1. The normalized spacial score (nSPS) is 18.5. The van der Waals surface area contributed by atoms with Crippen LogP contribution in [0.4, 0.5) is 0 Å². The zero-order valence-electron chi connectivity index (χ0n) is 22.0. The maximum absolute atomic E-state index is 11.7. The molecule has 0 aliphatic heterocycles. The molecule has 0 radical (unpaired) electrons. The van der Waals surface area contributed by atoms with Crippen molar-refractivity contribution in [1.29, 1.82) is 0 Å². The lowest BCUT2D eigenvalue weighted by Gasteiger charge is -2.28. The van der Waals surface area contributed by atoms with Crippen molar-refractivity contribution >= 4 is 5.97 Å². The highest BCUT2D eigenvalue weighted by atomic mass is 16.5. The predicted molar refractivity (Wildman–Crippen MR) is 147 cm³/mol. The lowest BCUT2D eigenvalue weighted by atomic mass is 9.78. The Kier molecular flexibility index (Phi) is 11.7. The third-order valence-corrected chi connectivity index (χ3v) is 7.81. The average Bonchev–Trinajstić information content (AvgIpc) is 2.93. The molecular weight excluding hydrogens is 448 g/mol. The molecule has 1 fully saturated rings. The number of carbonyl (C=O) groups excluding carboxylic acids is 1. The zero-order chi connectivity index (χ0) is 25.8. The van der Waals surface area contributed by atoms with Gasteiger partial charge < -0.3 is 14.9 Å². The van der Waals surface area contributed by atoms with Crippen molar-refractivity contribution in [3.8, 4) is 11.1 Å². The molecule has 2 aromatic rings. The Hall–Kier alpha value is -2.43. The minimum absolute atomic E-state index is 0.00988. The average molecular weight is 493 g/mol. The molecule has 1 aliphatic rings. The first kappa shape index (κ1) is 28.1. The highest BCUT2D eigenvalue weighted by molar-refractivity contribution is 5.87. The van der Waals surface area contributed by atoms with Crippen molar-refractivity contribution in [2.45, 2.75) is 77.0 Å². The summed E-state index contributed by atoms with van der Waals surface area (Å²) < 4.78 is 5.16. The van der Waals surface area contributed by atoms with Crippen molar-refractivity contribution in [3.63, 3.8) is 0 Å². The molecule has 0 spiro atoms. The SMILES string of the molecule is C=C(CO)C(=O)OCC(CO)c1ccc(-c2ccc(CCC3CCC(CCCCC)CC3)cc2)cc1. The second-order valence-electron chi connectivity index (χ2n) is 10.5. The van der Waals surface area contributed by atoms with Gasteiger partial charge >= 0.3 is 5.97 Å². The summed E-state index contributed by atoms with van der Waals surface area (Å²) in [5.74, 6) is 0.915. The first-order valence-corrected chi connectivity index (χ1v) is 13.8. The molecule has 0 aromatic heterocycles. The Morgan fingerprint density at radius 1 is 0.917 bits per heavy atom. The van der Waals surface area contributed by atoms with E-state index in [1.54, 1.807) is 0 Å². The number of benzene rings is 2. The summed E-state index contributed by atoms with van der Waals surface area (Å²) in [6.45, 7) is 5.23. The maximum atomic E-state index is 11.7. The van der Waals surface area contributed by atoms with Gasteiger partial charge in [-0.3, -0.25) is 0 Å². The Morgan fingerprint density at radius 3 is 2.06 bits per heavy atom. The standard InChI is InChI=1S/C32H44O4/c1-3-4-5-6-25-7-9-26(10-8-25)11-12-27-13-15-28(16-14-27)29-17-19-30(20-18-29)31(22-34)23-36-32(35)24(2)21-33/h13-20,25-26,31,33-34H,2-12,21-23H2,1H3. The molecule has 1 atom stereocenters. The van der Waals surface area contributed by atoms with Gasteiger partial charge in [0.2, 0.25) is 0 Å². The van der Waals surface area contributed by atoms with Crippen LogP contribution in [0.5, 0.6) is 0 Å². The molecule has 36 heavy (non-hydrogen) atoms. The van der Waals surface area contributed by atoms with E-state index in [1.165, 1.54) is 68.9 Å². The van der Waals surface area contributed by atoms with Crippen LogP contribution in [0.1, 0.15) is 81.8 Å². The smallest absolute Gasteiger partial charge is 0.335 e. The fourth-order valence-corrected chi connectivity index (χ4v) is 5.27. The number of aliphatic hydroxyl groups excluding tert-OH is 2. The largest absolute Gasteiger partial charge is 0.462 e. The molecule has 196 valence electrons. The van der Waals surface area contributed by atoms with E-state index in [-0.39, 0.29) is 24.7 Å². The second kappa shape index (κ2) is 15.0. The van der Waals surface area contributed by atoms with Crippen LogP contribution in [0, 0.1) is 11.8 Å². The second-order valence-corrected chi connectivity index (χ2v) is 10.5. The maximum Gasteiger partial charge on any atom is 0.335 e. The first-order valence-electron chi connectivity index (χ1n) is 13.8. The summed E-state index contributed by atoms with van der Waals surface area (Å²) in [5.41, 5.74) is 4.61. The van der Waals surface area contributed by atoms with E-state index in [0.717, 1.165) is 29.4 Å². The van der Waals surface area contributed by atoms with Gasteiger partial charge in [0.05, 0.1) is 18.8 Å². The predicted octanol–water partition coefficient (Wildman–Crippen LogP) is 6.84. The van der Waals surface area contributed by atoms with Gasteiger partial charge in [0.25, 0.3) is 0 Å². The van der Waals surface area contributed by atoms with Gasteiger partial charge in [-0.05, 0) is 46.9 Å². The van der Waals surface area contributed by atoms with Crippen LogP contribution >= 0.6 is 0 Å². The van der Waals surface area contributed by atoms with Crippen LogP contribution in [0.3, 0.4) is 0 Å². The number of unbranched alkanes of at least 4 members (excludes halogenated alkanes) is 2. The summed E-state index contributed by atoms with van der Waals surface area (Å²) in [5, 5.41) is 18.7. The van der Waals surface area contributed by atoms with E-state index in [2.05, 4.69) is 37.8 Å². The van der Waals surface area contributed by atoms with Gasteiger partial charge in [-0.1, -0.05) is 113 Å². The summed E-state index contributed by atoms with van der Waals surface area (Å²) in [6.07, 6.45) is 13.7. The minimum atomic E-state index is -0.636. The first-order chi connectivity index (χ1) is 17.5. The molecule has 4 heteroatoms. The number of aryl methyl sites for hydroxylation is 1. The van der Waals surface area contributed by atoms with Crippen LogP contribution in [-0.4, -0.2) is 36.0 Å². The van der Waals surface area contributed by atoms with Crippen LogP contribution in [0.2, 0.25) is 0 Å². The minimum Gasteiger partial charge on any atom is -0.462 e. The van der Waals surface area contributed by atoms with Crippen LogP contribution < -0.4 is 0 Å². The van der Waals surface area contributed by atoms with Crippen molar-refractivity contribution < 1.29 is 19.7 Å². The summed E-state index contributed by atoms with van der Waals surface area (Å²) >= 11 is 0. The van der Waals surface area contributed by atoms with Gasteiger partial charge in [0.1, 0.15) is 6.61 Å².